The van der Waals surface area contributed by atoms with Gasteiger partial charge in [-0.25, -0.2) is 4.98 Å². The topological polar surface area (TPSA) is 94.4 Å². The van der Waals surface area contributed by atoms with Crippen LogP contribution >= 0.6 is 0 Å². The molecule has 2 aromatic rings. The Hall–Kier alpha value is -3.23. The number of ether oxygens (including phenoxy) is 1. The van der Waals surface area contributed by atoms with Crippen LogP contribution in [-0.2, 0) is 27.7 Å². The zero-order valence-corrected chi connectivity index (χ0v) is 22.4. The van der Waals surface area contributed by atoms with Crippen LogP contribution in [-0.4, -0.2) is 54.6 Å². The van der Waals surface area contributed by atoms with Crippen LogP contribution in [0.2, 0.25) is 0 Å². The highest BCUT2D eigenvalue weighted by molar-refractivity contribution is 5.88. The smallest absolute Gasteiger partial charge is 0.383 e. The molecular formula is C26H35F3N6O2. The summed E-state index contributed by atoms with van der Waals surface area (Å²) in [5, 5.41) is 10.4. The average Bonchev–Trinajstić information content (AvgIpc) is 2.80. The Labute approximate surface area is 216 Å². The van der Waals surface area contributed by atoms with Crippen LogP contribution in [0.25, 0.3) is 0 Å². The van der Waals surface area contributed by atoms with Crippen LogP contribution in [0.4, 0.5) is 19.0 Å². The number of hydrogen-bond acceptors (Lipinski definition) is 7. The Bertz CT molecular complexity index is 1110. The predicted molar refractivity (Wildman–Crippen MR) is 134 cm³/mol. The molecule has 0 spiro atoms. The first-order chi connectivity index (χ1) is 17.1. The molecule has 0 saturated heterocycles. The van der Waals surface area contributed by atoms with Gasteiger partial charge in [-0.05, 0) is 37.4 Å². The number of halogens is 3. The molecule has 202 valence electrons. The van der Waals surface area contributed by atoms with Crippen molar-refractivity contribution in [1.29, 1.82) is 5.26 Å². The molecule has 1 aromatic heterocycles. The number of nitrogens with one attached hydrogen (secondary N) is 1. The number of likely N-dealkylation sites (N-methyl/N-ethyl adjacent to an activating group) is 1. The molecule has 11 heteroatoms. The third-order valence-corrected chi connectivity index (χ3v) is 5.62. The second-order valence-corrected chi connectivity index (χ2v) is 10.7. The second kappa shape index (κ2) is 11.9. The lowest BCUT2D eigenvalue weighted by Crippen LogP contribution is -2.52. The van der Waals surface area contributed by atoms with Crippen LogP contribution in [0, 0.1) is 16.7 Å². The summed E-state index contributed by atoms with van der Waals surface area (Å²) in [6.07, 6.45) is -4.78. The van der Waals surface area contributed by atoms with Crippen LogP contribution in [0.5, 0.6) is 0 Å². The van der Waals surface area contributed by atoms with Gasteiger partial charge in [-0.2, -0.15) is 23.4 Å². The van der Waals surface area contributed by atoms with Crippen molar-refractivity contribution in [1.82, 2.24) is 20.3 Å². The molecule has 2 rings (SSSR count). The van der Waals surface area contributed by atoms with Gasteiger partial charge in [0.05, 0.1) is 12.0 Å². The molecule has 0 radical (unpaired) electrons. The van der Waals surface area contributed by atoms with Crippen molar-refractivity contribution in [2.75, 3.05) is 38.9 Å². The van der Waals surface area contributed by atoms with Crippen LogP contribution in [0.3, 0.4) is 0 Å². The summed E-state index contributed by atoms with van der Waals surface area (Å²) in [6.45, 7) is 11.3. The third-order valence-electron chi connectivity index (χ3n) is 5.62. The van der Waals surface area contributed by atoms with Gasteiger partial charge in [0.1, 0.15) is 6.07 Å². The molecule has 0 aliphatic rings. The van der Waals surface area contributed by atoms with E-state index in [-0.39, 0.29) is 12.4 Å². The minimum Gasteiger partial charge on any atom is -0.383 e. The molecule has 37 heavy (non-hydrogen) atoms. The number of nitriles is 1. The van der Waals surface area contributed by atoms with Crippen molar-refractivity contribution >= 4 is 11.7 Å². The Morgan fingerprint density at radius 2 is 1.73 bits per heavy atom. The van der Waals surface area contributed by atoms with Crippen molar-refractivity contribution in [2.45, 2.75) is 52.8 Å². The van der Waals surface area contributed by atoms with E-state index < -0.39 is 34.4 Å². The van der Waals surface area contributed by atoms with E-state index in [1.54, 1.807) is 27.0 Å². The fraction of sp³-hybridized carbons (Fsp3) is 0.538. The summed E-state index contributed by atoms with van der Waals surface area (Å²) in [4.78, 5) is 22.8. The molecule has 0 aliphatic carbocycles. The minimum atomic E-state index is -4.78. The molecular weight excluding hydrogens is 485 g/mol. The molecule has 8 nitrogen and oxygen atoms in total. The lowest BCUT2D eigenvalue weighted by Gasteiger charge is -2.34. The molecule has 0 aliphatic heterocycles. The van der Waals surface area contributed by atoms with E-state index in [0.29, 0.717) is 13.2 Å². The quantitative estimate of drug-likeness (QED) is 0.467. The number of carbonyl (C=O) groups excluding carboxylic acids is 1. The van der Waals surface area contributed by atoms with E-state index in [1.807, 2.05) is 52.1 Å². The van der Waals surface area contributed by atoms with Gasteiger partial charge in [-0.3, -0.25) is 20.1 Å². The Balaban J connectivity index is 2.33. The first kappa shape index (κ1) is 30.0. The summed E-state index contributed by atoms with van der Waals surface area (Å²) in [5.41, 5.74) is 1.83. The van der Waals surface area contributed by atoms with Gasteiger partial charge in [0.2, 0.25) is 11.7 Å². The minimum absolute atomic E-state index is 0.140. The van der Waals surface area contributed by atoms with E-state index in [1.165, 1.54) is 5.01 Å². The van der Waals surface area contributed by atoms with Crippen molar-refractivity contribution in [3.8, 4) is 6.07 Å². The number of aromatic nitrogens is 2. The highest BCUT2D eigenvalue weighted by atomic mass is 19.4. The highest BCUT2D eigenvalue weighted by Gasteiger charge is 2.36. The van der Waals surface area contributed by atoms with Crippen LogP contribution in [0.15, 0.2) is 30.3 Å². The number of nitrogens with zero attached hydrogens (tertiary/aromatic N) is 5. The molecule has 0 atom stereocenters. The molecule has 0 bridgehead atoms. The summed E-state index contributed by atoms with van der Waals surface area (Å²) in [6, 6.07) is 9.92. The van der Waals surface area contributed by atoms with Crippen LogP contribution < -0.4 is 10.4 Å². The Morgan fingerprint density at radius 1 is 1.11 bits per heavy atom. The largest absolute Gasteiger partial charge is 0.433 e. The van der Waals surface area contributed by atoms with Crippen molar-refractivity contribution in [3.05, 3.63) is 53.0 Å². The Kier molecular flexibility index (Phi) is 9.63. The van der Waals surface area contributed by atoms with Gasteiger partial charge in [-0.1, -0.05) is 45.0 Å². The van der Waals surface area contributed by atoms with E-state index in [0.717, 1.165) is 23.7 Å². The van der Waals surface area contributed by atoms with E-state index in [2.05, 4.69) is 20.3 Å². The molecule has 1 aromatic carbocycles. The molecule has 1 heterocycles. The zero-order chi connectivity index (χ0) is 28.0. The number of methoxy groups -OCH3 is 1. The summed E-state index contributed by atoms with van der Waals surface area (Å²) in [7, 11) is 3.64. The van der Waals surface area contributed by atoms with Crippen molar-refractivity contribution < 1.29 is 22.7 Å². The van der Waals surface area contributed by atoms with Gasteiger partial charge in [0.15, 0.2) is 11.5 Å². The molecule has 0 fully saturated rings. The SMILES string of the molecule is COCCN(C)Cc1ccc(C(C)(C)C(=O)NN(CC(C)(C)C)c2cc(C(F)(F)F)nc(C#N)n2)cc1. The van der Waals surface area contributed by atoms with Gasteiger partial charge in [0, 0.05) is 32.8 Å². The van der Waals surface area contributed by atoms with Crippen molar-refractivity contribution in [2.24, 2.45) is 5.41 Å². The average molecular weight is 521 g/mol. The fourth-order valence-corrected chi connectivity index (χ4v) is 3.48. The molecule has 1 N–H and O–H groups in total. The maximum atomic E-state index is 13.4. The van der Waals surface area contributed by atoms with Gasteiger partial charge >= 0.3 is 6.18 Å². The third kappa shape index (κ3) is 8.68. The van der Waals surface area contributed by atoms with Gasteiger partial charge < -0.3 is 4.74 Å². The summed E-state index contributed by atoms with van der Waals surface area (Å²) >= 11 is 0. The maximum Gasteiger partial charge on any atom is 0.433 e. The Morgan fingerprint density at radius 3 is 2.24 bits per heavy atom. The number of rotatable bonds is 10. The number of benzene rings is 1. The molecule has 1 amide bonds. The van der Waals surface area contributed by atoms with Crippen LogP contribution in [0.1, 0.15) is 57.3 Å². The number of anilines is 1. The molecule has 0 saturated carbocycles. The maximum absolute atomic E-state index is 13.4. The van der Waals surface area contributed by atoms with Gasteiger partial charge in [-0.15, -0.1) is 0 Å². The van der Waals surface area contributed by atoms with Crippen molar-refractivity contribution in [3.63, 3.8) is 0 Å². The zero-order valence-electron chi connectivity index (χ0n) is 22.4. The lowest BCUT2D eigenvalue weighted by atomic mass is 9.83. The number of hydrazine groups is 1. The number of amides is 1. The monoisotopic (exact) mass is 520 g/mol. The van der Waals surface area contributed by atoms with E-state index >= 15 is 0 Å². The number of hydrogen-bond donors (Lipinski definition) is 1. The second-order valence-electron chi connectivity index (χ2n) is 10.7. The fourth-order valence-electron chi connectivity index (χ4n) is 3.48. The highest BCUT2D eigenvalue weighted by Crippen LogP contribution is 2.31. The normalized spacial score (nSPS) is 12.4. The first-order valence-electron chi connectivity index (χ1n) is 11.8. The molecule has 0 unspecified atom stereocenters. The van der Waals surface area contributed by atoms with Gasteiger partial charge in [0.25, 0.3) is 0 Å². The summed E-state index contributed by atoms with van der Waals surface area (Å²) in [5.74, 6) is -1.29. The van der Waals surface area contributed by atoms with E-state index in [9.17, 15) is 23.2 Å². The predicted octanol–water partition coefficient (Wildman–Crippen LogP) is 4.31. The van der Waals surface area contributed by atoms with E-state index in [4.69, 9.17) is 4.74 Å². The number of alkyl halides is 3. The first-order valence-corrected chi connectivity index (χ1v) is 11.8. The summed E-state index contributed by atoms with van der Waals surface area (Å²) < 4.78 is 45.4. The lowest BCUT2D eigenvalue weighted by molar-refractivity contribution is -0.141. The number of carbonyl (C=O) groups is 1. The standard InChI is InChI=1S/C26H35F3N6O2/c1-24(2,3)17-35(22-14-20(26(27,28)29)31-21(15-30)32-22)33-23(36)25(4,5)19-10-8-18(9-11-19)16-34(6)12-13-37-7/h8-11,14H,12-13,16-17H2,1-7H3,(H,33,36).